The molecule has 1 saturated carbocycles. The van der Waals surface area contributed by atoms with Gasteiger partial charge in [-0.15, -0.1) is 0 Å². The van der Waals surface area contributed by atoms with Gasteiger partial charge in [0.2, 0.25) is 0 Å². The Bertz CT molecular complexity index is 705. The number of aryl methyl sites for hydroxylation is 2. The Labute approximate surface area is 148 Å². The molecule has 1 aliphatic carbocycles. The second kappa shape index (κ2) is 8.03. The van der Waals surface area contributed by atoms with Crippen molar-refractivity contribution in [3.05, 3.63) is 47.2 Å². The first-order valence-corrected chi connectivity index (χ1v) is 9.36. The Morgan fingerprint density at radius 1 is 0.920 bits per heavy atom. The fourth-order valence-electron chi connectivity index (χ4n) is 3.76. The van der Waals surface area contributed by atoms with Crippen LogP contribution in [0, 0.1) is 30.4 Å². The summed E-state index contributed by atoms with van der Waals surface area (Å²) in [5.74, 6) is 0.0360. The highest BCUT2D eigenvalue weighted by molar-refractivity contribution is 5.60. The summed E-state index contributed by atoms with van der Waals surface area (Å²) < 4.78 is 27.8. The summed E-state index contributed by atoms with van der Waals surface area (Å²) in [6, 6.07) is 6.75. The molecule has 0 saturated heterocycles. The standard InChI is InChI=1S/C21H26F2N2/c1-3-15-5-7-16(8-6-15)9-10-17-11-13-19(25-24-17)18-12-4-14(2)20(22)21(18)23/h4,11-13,15-16H,3,5-10H2,1-2H3. The number of benzene rings is 1. The molecule has 0 amide bonds. The summed E-state index contributed by atoms with van der Waals surface area (Å²) in [5.41, 5.74) is 1.77. The zero-order valence-corrected chi connectivity index (χ0v) is 15.1. The summed E-state index contributed by atoms with van der Waals surface area (Å²) in [6.45, 7) is 3.83. The Morgan fingerprint density at radius 3 is 2.28 bits per heavy atom. The number of nitrogens with zero attached hydrogens (tertiary/aromatic N) is 2. The normalized spacial score (nSPS) is 20.6. The first kappa shape index (κ1) is 18.0. The molecule has 25 heavy (non-hydrogen) atoms. The maximum atomic E-state index is 14.1. The van der Waals surface area contributed by atoms with E-state index >= 15 is 0 Å². The molecule has 134 valence electrons. The minimum Gasteiger partial charge on any atom is -0.203 e. The summed E-state index contributed by atoms with van der Waals surface area (Å²) in [4.78, 5) is 0. The van der Waals surface area contributed by atoms with Crippen molar-refractivity contribution in [1.29, 1.82) is 0 Å². The van der Waals surface area contributed by atoms with E-state index in [1.807, 2.05) is 6.07 Å². The highest BCUT2D eigenvalue weighted by Crippen LogP contribution is 2.33. The third kappa shape index (κ3) is 4.23. The van der Waals surface area contributed by atoms with Crippen LogP contribution in [0.3, 0.4) is 0 Å². The van der Waals surface area contributed by atoms with Crippen LogP contribution >= 0.6 is 0 Å². The fraction of sp³-hybridized carbons (Fsp3) is 0.524. The largest absolute Gasteiger partial charge is 0.203 e. The van der Waals surface area contributed by atoms with Gasteiger partial charge >= 0.3 is 0 Å². The molecule has 0 atom stereocenters. The maximum absolute atomic E-state index is 14.1. The van der Waals surface area contributed by atoms with E-state index in [1.165, 1.54) is 32.1 Å². The molecule has 1 heterocycles. The van der Waals surface area contributed by atoms with E-state index in [0.717, 1.165) is 30.4 Å². The number of aromatic nitrogens is 2. The monoisotopic (exact) mass is 344 g/mol. The minimum atomic E-state index is -0.852. The molecule has 1 aromatic heterocycles. The van der Waals surface area contributed by atoms with Gasteiger partial charge in [0, 0.05) is 5.56 Å². The summed E-state index contributed by atoms with van der Waals surface area (Å²) in [6.07, 6.45) is 8.68. The van der Waals surface area contributed by atoms with E-state index < -0.39 is 11.6 Å². The third-order valence-corrected chi connectivity index (χ3v) is 5.62. The van der Waals surface area contributed by atoms with E-state index in [4.69, 9.17) is 0 Å². The van der Waals surface area contributed by atoms with Crippen LogP contribution in [0.4, 0.5) is 8.78 Å². The van der Waals surface area contributed by atoms with E-state index in [1.54, 1.807) is 25.1 Å². The van der Waals surface area contributed by atoms with Crippen molar-refractivity contribution in [2.24, 2.45) is 11.8 Å². The van der Waals surface area contributed by atoms with Crippen molar-refractivity contribution >= 4 is 0 Å². The van der Waals surface area contributed by atoms with Gasteiger partial charge in [-0.25, -0.2) is 8.78 Å². The average Bonchev–Trinajstić information content (AvgIpc) is 2.65. The molecule has 0 aliphatic heterocycles. The topological polar surface area (TPSA) is 25.8 Å². The van der Waals surface area contributed by atoms with Gasteiger partial charge in [-0.2, -0.15) is 10.2 Å². The maximum Gasteiger partial charge on any atom is 0.168 e. The number of rotatable bonds is 5. The molecule has 0 bridgehead atoms. The Kier molecular flexibility index (Phi) is 5.77. The smallest absolute Gasteiger partial charge is 0.168 e. The van der Waals surface area contributed by atoms with Gasteiger partial charge in [0.15, 0.2) is 11.6 Å². The number of hydrogen-bond acceptors (Lipinski definition) is 2. The van der Waals surface area contributed by atoms with Crippen molar-refractivity contribution < 1.29 is 8.78 Å². The van der Waals surface area contributed by atoms with E-state index in [0.29, 0.717) is 11.3 Å². The highest BCUT2D eigenvalue weighted by atomic mass is 19.2. The van der Waals surface area contributed by atoms with Crippen LogP contribution in [-0.4, -0.2) is 10.2 Å². The zero-order chi connectivity index (χ0) is 17.8. The van der Waals surface area contributed by atoms with Crippen LogP contribution in [0.1, 0.15) is 56.7 Å². The van der Waals surface area contributed by atoms with Crippen molar-refractivity contribution in [3.8, 4) is 11.3 Å². The summed E-state index contributed by atoms with van der Waals surface area (Å²) in [5, 5.41) is 8.34. The molecule has 2 nitrogen and oxygen atoms in total. The molecule has 4 heteroatoms. The van der Waals surface area contributed by atoms with Gasteiger partial charge in [0.25, 0.3) is 0 Å². The molecule has 0 N–H and O–H groups in total. The molecule has 2 aromatic rings. The van der Waals surface area contributed by atoms with Crippen LogP contribution in [0.2, 0.25) is 0 Å². The molecule has 1 aromatic carbocycles. The lowest BCUT2D eigenvalue weighted by Gasteiger charge is -2.27. The van der Waals surface area contributed by atoms with Crippen molar-refractivity contribution in [2.45, 2.75) is 58.8 Å². The SMILES string of the molecule is CCC1CCC(CCc2ccc(-c3ccc(C)c(F)c3F)nn2)CC1. The van der Waals surface area contributed by atoms with Gasteiger partial charge in [0.1, 0.15) is 0 Å². The Morgan fingerprint density at radius 2 is 1.64 bits per heavy atom. The van der Waals surface area contributed by atoms with Crippen LogP contribution in [-0.2, 0) is 6.42 Å². The predicted molar refractivity (Wildman–Crippen MR) is 96.2 cm³/mol. The minimum absolute atomic E-state index is 0.167. The van der Waals surface area contributed by atoms with Crippen molar-refractivity contribution in [2.75, 3.05) is 0 Å². The van der Waals surface area contributed by atoms with Gasteiger partial charge in [-0.05, 0) is 55.4 Å². The second-order valence-electron chi connectivity index (χ2n) is 7.30. The van der Waals surface area contributed by atoms with Gasteiger partial charge in [-0.3, -0.25) is 0 Å². The fourth-order valence-corrected chi connectivity index (χ4v) is 3.76. The lowest BCUT2D eigenvalue weighted by atomic mass is 9.79. The molecular formula is C21H26F2N2. The quantitative estimate of drug-likeness (QED) is 0.677. The molecule has 0 unspecified atom stereocenters. The van der Waals surface area contributed by atoms with Crippen LogP contribution in [0.5, 0.6) is 0 Å². The molecular weight excluding hydrogens is 318 g/mol. The molecule has 1 aliphatic rings. The number of hydrogen-bond donors (Lipinski definition) is 0. The summed E-state index contributed by atoms with van der Waals surface area (Å²) in [7, 11) is 0. The first-order valence-electron chi connectivity index (χ1n) is 9.36. The van der Waals surface area contributed by atoms with Crippen LogP contribution < -0.4 is 0 Å². The van der Waals surface area contributed by atoms with E-state index in [2.05, 4.69) is 17.1 Å². The number of halogens is 2. The van der Waals surface area contributed by atoms with Gasteiger partial charge in [-0.1, -0.05) is 45.1 Å². The van der Waals surface area contributed by atoms with Crippen LogP contribution in [0.15, 0.2) is 24.3 Å². The molecule has 3 rings (SSSR count). The zero-order valence-electron chi connectivity index (χ0n) is 15.1. The lowest BCUT2D eigenvalue weighted by molar-refractivity contribution is 0.258. The third-order valence-electron chi connectivity index (χ3n) is 5.62. The van der Waals surface area contributed by atoms with Crippen molar-refractivity contribution in [1.82, 2.24) is 10.2 Å². The molecule has 0 spiro atoms. The van der Waals surface area contributed by atoms with E-state index in [-0.39, 0.29) is 5.56 Å². The van der Waals surface area contributed by atoms with E-state index in [9.17, 15) is 8.78 Å². The van der Waals surface area contributed by atoms with Crippen LogP contribution in [0.25, 0.3) is 11.3 Å². The Hall–Kier alpha value is -1.84. The highest BCUT2D eigenvalue weighted by Gasteiger charge is 2.20. The Balaban J connectivity index is 1.60. The lowest BCUT2D eigenvalue weighted by Crippen LogP contribution is -2.14. The first-order chi connectivity index (χ1) is 12.1. The summed E-state index contributed by atoms with van der Waals surface area (Å²) >= 11 is 0. The second-order valence-corrected chi connectivity index (χ2v) is 7.30. The molecule has 0 radical (unpaired) electrons. The predicted octanol–water partition coefficient (Wildman–Crippen LogP) is 5.88. The van der Waals surface area contributed by atoms with Crippen molar-refractivity contribution in [3.63, 3.8) is 0 Å². The van der Waals surface area contributed by atoms with Gasteiger partial charge < -0.3 is 0 Å². The average molecular weight is 344 g/mol. The molecule has 1 fully saturated rings. The van der Waals surface area contributed by atoms with Gasteiger partial charge in [0.05, 0.1) is 11.4 Å².